The number of esters is 1. The van der Waals surface area contributed by atoms with Crippen molar-refractivity contribution in [3.05, 3.63) is 11.9 Å². The maximum absolute atomic E-state index is 11.8. The van der Waals surface area contributed by atoms with Crippen LogP contribution in [-0.4, -0.2) is 55.0 Å². The van der Waals surface area contributed by atoms with E-state index in [1.165, 1.54) is 7.11 Å². The maximum atomic E-state index is 11.8. The second kappa shape index (κ2) is 7.12. The smallest absolute Gasteiger partial charge is 0.349 e. The Labute approximate surface area is 137 Å². The van der Waals surface area contributed by atoms with Gasteiger partial charge in [0.25, 0.3) is 0 Å². The number of carbonyl (C=O) groups is 1. The van der Waals surface area contributed by atoms with Crippen molar-refractivity contribution in [1.29, 1.82) is 0 Å². The average Bonchev–Trinajstić information content (AvgIpc) is 2.94. The first-order valence-electron chi connectivity index (χ1n) is 7.76. The molecule has 0 unspecified atom stereocenters. The highest BCUT2D eigenvalue weighted by atomic mass is 16.6. The van der Waals surface area contributed by atoms with Crippen molar-refractivity contribution in [2.75, 3.05) is 32.3 Å². The number of aryl methyl sites for hydroxylation is 1. The van der Waals surface area contributed by atoms with Crippen LogP contribution in [0.15, 0.2) is 6.07 Å². The number of hydrogen-bond acceptors (Lipinski definition) is 7. The Hall–Kier alpha value is -1.89. The van der Waals surface area contributed by atoms with E-state index in [1.807, 2.05) is 6.92 Å². The molecule has 1 aliphatic rings. The summed E-state index contributed by atoms with van der Waals surface area (Å²) in [7, 11) is 3.04. The zero-order valence-electron chi connectivity index (χ0n) is 14.5. The van der Waals surface area contributed by atoms with E-state index in [4.69, 9.17) is 14.2 Å². The van der Waals surface area contributed by atoms with Gasteiger partial charge in [-0.05, 0) is 33.6 Å². The monoisotopic (exact) mass is 323 g/mol. The van der Waals surface area contributed by atoms with Gasteiger partial charge in [0.05, 0.1) is 19.8 Å². The van der Waals surface area contributed by atoms with Crippen molar-refractivity contribution in [1.82, 2.24) is 9.97 Å². The zero-order chi connectivity index (χ0) is 17.0. The Morgan fingerprint density at radius 1 is 1.39 bits per heavy atom. The number of aromatic nitrogens is 2. The number of carbonyl (C=O) groups excluding carboxylic acids is 1. The molecule has 2 rings (SSSR count). The second-order valence-electron chi connectivity index (χ2n) is 6.16. The molecule has 0 aromatic carbocycles. The van der Waals surface area contributed by atoms with Crippen LogP contribution >= 0.6 is 0 Å². The fourth-order valence-electron chi connectivity index (χ4n) is 2.78. The number of rotatable bonds is 6. The third-order valence-electron chi connectivity index (χ3n) is 3.87. The number of anilines is 1. The lowest BCUT2D eigenvalue weighted by Crippen LogP contribution is -2.39. The van der Waals surface area contributed by atoms with Crippen LogP contribution in [0.25, 0.3) is 0 Å². The lowest BCUT2D eigenvalue weighted by molar-refractivity contribution is -0.156. The van der Waals surface area contributed by atoms with E-state index in [-0.39, 0.29) is 0 Å². The third-order valence-corrected chi connectivity index (χ3v) is 3.87. The van der Waals surface area contributed by atoms with Gasteiger partial charge in [-0.3, -0.25) is 0 Å². The molecule has 1 aromatic heterocycles. The van der Waals surface area contributed by atoms with E-state index in [0.717, 1.165) is 25.2 Å². The molecule has 1 aromatic rings. The summed E-state index contributed by atoms with van der Waals surface area (Å²) >= 11 is 0. The van der Waals surface area contributed by atoms with Gasteiger partial charge >= 0.3 is 5.97 Å². The first kappa shape index (κ1) is 17.5. The van der Waals surface area contributed by atoms with Gasteiger partial charge in [-0.15, -0.1) is 0 Å². The summed E-state index contributed by atoms with van der Waals surface area (Å²) < 4.78 is 15.8. The molecule has 7 nitrogen and oxygen atoms in total. The van der Waals surface area contributed by atoms with Gasteiger partial charge in [-0.25, -0.2) is 9.78 Å². The number of methoxy groups -OCH3 is 2. The van der Waals surface area contributed by atoms with Gasteiger partial charge in [0.2, 0.25) is 11.5 Å². The third kappa shape index (κ3) is 4.10. The van der Waals surface area contributed by atoms with Crippen molar-refractivity contribution in [2.45, 2.75) is 45.3 Å². The van der Waals surface area contributed by atoms with Crippen LogP contribution in [0.2, 0.25) is 0 Å². The summed E-state index contributed by atoms with van der Waals surface area (Å²) in [5.74, 6) is 1.31. The van der Waals surface area contributed by atoms with Crippen LogP contribution in [-0.2, 0) is 14.3 Å². The zero-order valence-corrected chi connectivity index (χ0v) is 14.5. The molecule has 0 N–H and O–H groups in total. The predicted octanol–water partition coefficient (Wildman–Crippen LogP) is 1.73. The highest BCUT2D eigenvalue weighted by Gasteiger charge is 2.32. The standard InChI is InChI=1S/C16H25N3O4/c1-11-17-13(19-8-6-7-12(19)10-21-4)9-14(18-11)23-16(2,3)15(20)22-5/h9,12H,6-8,10H2,1-5H3/t12-/m0/s1. The minimum Gasteiger partial charge on any atom is -0.466 e. The largest absolute Gasteiger partial charge is 0.466 e. The van der Waals surface area contributed by atoms with Crippen LogP contribution in [0.4, 0.5) is 5.82 Å². The van der Waals surface area contributed by atoms with E-state index in [9.17, 15) is 4.79 Å². The lowest BCUT2D eigenvalue weighted by Gasteiger charge is -2.27. The molecule has 7 heteroatoms. The summed E-state index contributed by atoms with van der Waals surface area (Å²) in [5.41, 5.74) is -1.11. The van der Waals surface area contributed by atoms with E-state index >= 15 is 0 Å². The molecule has 2 heterocycles. The minimum absolute atomic E-state index is 0.302. The first-order chi connectivity index (χ1) is 10.9. The van der Waals surface area contributed by atoms with E-state index in [0.29, 0.717) is 24.4 Å². The predicted molar refractivity (Wildman–Crippen MR) is 85.7 cm³/mol. The number of hydrogen-bond donors (Lipinski definition) is 0. The van der Waals surface area contributed by atoms with Gasteiger partial charge in [0, 0.05) is 19.7 Å². The van der Waals surface area contributed by atoms with Gasteiger partial charge in [0.1, 0.15) is 11.6 Å². The van der Waals surface area contributed by atoms with Gasteiger partial charge in [-0.2, -0.15) is 4.98 Å². The highest BCUT2D eigenvalue weighted by Crippen LogP contribution is 2.28. The molecule has 128 valence electrons. The van der Waals surface area contributed by atoms with Crippen molar-refractivity contribution in [3.8, 4) is 5.88 Å². The number of nitrogens with zero attached hydrogens (tertiary/aromatic N) is 3. The van der Waals surface area contributed by atoms with Gasteiger partial charge in [0.15, 0.2) is 0 Å². The topological polar surface area (TPSA) is 73.8 Å². The Bertz CT molecular complexity index is 562. The number of ether oxygens (including phenoxy) is 3. The molecule has 0 aliphatic carbocycles. The summed E-state index contributed by atoms with van der Waals surface area (Å²) in [6, 6.07) is 2.07. The molecular weight excluding hydrogens is 298 g/mol. The van der Waals surface area contributed by atoms with Crippen molar-refractivity contribution >= 4 is 11.8 Å². The molecule has 0 bridgehead atoms. The maximum Gasteiger partial charge on any atom is 0.349 e. The second-order valence-corrected chi connectivity index (χ2v) is 6.16. The SMILES string of the molecule is COC[C@@H]1CCCN1c1cc(OC(C)(C)C(=O)OC)nc(C)n1. The molecule has 0 saturated carbocycles. The van der Waals surface area contributed by atoms with Crippen LogP contribution in [0.5, 0.6) is 5.88 Å². The highest BCUT2D eigenvalue weighted by molar-refractivity contribution is 5.78. The Kier molecular flexibility index (Phi) is 5.41. The van der Waals surface area contributed by atoms with Crippen LogP contribution in [0.3, 0.4) is 0 Å². The fourth-order valence-corrected chi connectivity index (χ4v) is 2.78. The molecule has 1 atom stereocenters. The molecule has 1 saturated heterocycles. The van der Waals surface area contributed by atoms with Crippen LogP contribution < -0.4 is 9.64 Å². The molecule has 0 amide bonds. The van der Waals surface area contributed by atoms with Gasteiger partial charge < -0.3 is 19.1 Å². The molecular formula is C16H25N3O4. The molecule has 0 radical (unpaired) electrons. The Balaban J connectivity index is 2.24. The summed E-state index contributed by atoms with van der Waals surface area (Å²) in [6.45, 7) is 6.69. The molecule has 0 spiro atoms. The quantitative estimate of drug-likeness (QED) is 0.738. The fraction of sp³-hybridized carbons (Fsp3) is 0.688. The van der Waals surface area contributed by atoms with Crippen LogP contribution in [0, 0.1) is 6.92 Å². The summed E-state index contributed by atoms with van der Waals surface area (Å²) in [6.07, 6.45) is 2.17. The van der Waals surface area contributed by atoms with Crippen molar-refractivity contribution in [3.63, 3.8) is 0 Å². The molecule has 1 aliphatic heterocycles. The van der Waals surface area contributed by atoms with E-state index in [2.05, 4.69) is 14.9 Å². The average molecular weight is 323 g/mol. The van der Waals surface area contributed by atoms with Crippen LogP contribution in [0.1, 0.15) is 32.5 Å². The lowest BCUT2D eigenvalue weighted by atomic mass is 10.1. The Morgan fingerprint density at radius 3 is 2.78 bits per heavy atom. The van der Waals surface area contributed by atoms with Crippen molar-refractivity contribution in [2.24, 2.45) is 0 Å². The first-order valence-corrected chi connectivity index (χ1v) is 7.76. The van der Waals surface area contributed by atoms with E-state index in [1.54, 1.807) is 27.0 Å². The van der Waals surface area contributed by atoms with E-state index < -0.39 is 11.6 Å². The molecule has 1 fully saturated rings. The molecule has 23 heavy (non-hydrogen) atoms. The normalized spacial score (nSPS) is 18.1. The minimum atomic E-state index is -1.11. The Morgan fingerprint density at radius 2 is 2.13 bits per heavy atom. The summed E-state index contributed by atoms with van der Waals surface area (Å²) in [4.78, 5) is 22.8. The van der Waals surface area contributed by atoms with Gasteiger partial charge in [-0.1, -0.05) is 0 Å². The summed E-state index contributed by atoms with van der Waals surface area (Å²) in [5, 5.41) is 0. The van der Waals surface area contributed by atoms with Crippen molar-refractivity contribution < 1.29 is 19.0 Å².